The van der Waals surface area contributed by atoms with E-state index in [4.69, 9.17) is 4.74 Å². The molecule has 0 N–H and O–H groups in total. The van der Waals surface area contributed by atoms with Gasteiger partial charge in [-0.05, 0) is 54.3 Å². The lowest BCUT2D eigenvalue weighted by Crippen LogP contribution is -2.39. The van der Waals surface area contributed by atoms with Crippen molar-refractivity contribution in [1.29, 1.82) is 0 Å². The van der Waals surface area contributed by atoms with Crippen molar-refractivity contribution in [1.82, 2.24) is 4.98 Å². The zero-order valence-corrected chi connectivity index (χ0v) is 15.0. The Morgan fingerprint density at radius 2 is 2.07 bits per heavy atom. The number of anilines is 1. The van der Waals surface area contributed by atoms with Crippen LogP contribution in [0.3, 0.4) is 0 Å². The van der Waals surface area contributed by atoms with Gasteiger partial charge in [0.25, 0.3) is 10.0 Å². The van der Waals surface area contributed by atoms with E-state index in [1.165, 1.54) is 16.4 Å². The summed E-state index contributed by atoms with van der Waals surface area (Å²) < 4.78 is 62.2. The average molecular weight is 394 g/mol. The van der Waals surface area contributed by atoms with Gasteiger partial charge in [0.05, 0.1) is 11.4 Å². The zero-order chi connectivity index (χ0) is 19.0. The van der Waals surface area contributed by atoms with E-state index in [9.17, 15) is 17.2 Å². The summed E-state index contributed by atoms with van der Waals surface area (Å²) in [5, 5.41) is 0. The smallest absolute Gasteiger partial charge is 0.387 e. The third-order valence-electron chi connectivity index (χ3n) is 4.47. The molecule has 0 unspecified atom stereocenters. The molecule has 0 spiro atoms. The number of hydrogen-bond donors (Lipinski definition) is 0. The molecule has 2 heterocycles. The van der Waals surface area contributed by atoms with Crippen LogP contribution in [-0.2, 0) is 16.4 Å². The fourth-order valence-corrected chi connectivity index (χ4v) is 4.87. The summed E-state index contributed by atoms with van der Waals surface area (Å²) in [6.45, 7) is -2.47. The molecule has 27 heavy (non-hydrogen) atoms. The number of ether oxygens (including phenoxy) is 2. The summed E-state index contributed by atoms with van der Waals surface area (Å²) in [6.07, 6.45) is 3.83. The van der Waals surface area contributed by atoms with Gasteiger partial charge < -0.3 is 9.47 Å². The van der Waals surface area contributed by atoms with Crippen LogP contribution >= 0.6 is 0 Å². The Morgan fingerprint density at radius 1 is 1.22 bits per heavy atom. The largest absolute Gasteiger partial charge is 0.474 e. The minimum absolute atomic E-state index is 0.0663. The second-order valence-electron chi connectivity index (χ2n) is 6.10. The second-order valence-corrected chi connectivity index (χ2v) is 8.02. The summed E-state index contributed by atoms with van der Waals surface area (Å²) in [5.74, 6) is 0.356. The van der Waals surface area contributed by atoms with Crippen molar-refractivity contribution in [3.63, 3.8) is 0 Å². The van der Waals surface area contributed by atoms with Crippen LogP contribution < -0.4 is 13.8 Å². The molecule has 0 saturated heterocycles. The highest BCUT2D eigenvalue weighted by Crippen LogP contribution is 2.36. The van der Waals surface area contributed by atoms with Crippen LogP contribution in [0.2, 0.25) is 0 Å². The van der Waals surface area contributed by atoms with E-state index in [0.29, 0.717) is 17.7 Å². The van der Waals surface area contributed by atoms with Crippen LogP contribution in [0.5, 0.6) is 11.6 Å². The Kier molecular flexibility index (Phi) is 4.47. The molecule has 0 saturated carbocycles. The first-order valence-electron chi connectivity index (χ1n) is 8.34. The molecule has 6 nitrogen and oxygen atoms in total. The number of alkyl halides is 2. The van der Waals surface area contributed by atoms with E-state index >= 15 is 0 Å². The van der Waals surface area contributed by atoms with Crippen molar-refractivity contribution in [2.75, 3.05) is 17.5 Å². The highest BCUT2D eigenvalue weighted by molar-refractivity contribution is 7.96. The number of nitrogens with zero attached hydrogens (tertiary/aromatic N) is 2. The first-order chi connectivity index (χ1) is 12.9. The van der Waals surface area contributed by atoms with E-state index < -0.39 is 16.6 Å². The van der Waals surface area contributed by atoms with E-state index in [0.717, 1.165) is 5.56 Å². The minimum Gasteiger partial charge on any atom is -0.474 e. The first kappa shape index (κ1) is 17.7. The highest BCUT2D eigenvalue weighted by atomic mass is 32.2. The van der Waals surface area contributed by atoms with Gasteiger partial charge in [-0.2, -0.15) is 8.78 Å². The number of aryl methyl sites for hydroxylation is 1. The molecule has 0 amide bonds. The number of pyridine rings is 1. The van der Waals surface area contributed by atoms with Crippen molar-refractivity contribution in [3.8, 4) is 11.6 Å². The molecule has 0 radical (unpaired) electrons. The van der Waals surface area contributed by atoms with E-state index in [2.05, 4.69) is 9.72 Å². The molecule has 0 fully saturated rings. The lowest BCUT2D eigenvalue weighted by atomic mass is 9.97. The molecular formula is C18H16F2N2O4S. The fraction of sp³-hybridized carbons (Fsp3) is 0.278. The van der Waals surface area contributed by atoms with Crippen molar-refractivity contribution in [3.05, 3.63) is 52.6 Å². The molecule has 1 aliphatic heterocycles. The molecule has 142 valence electrons. The molecule has 0 atom stereocenters. The Morgan fingerprint density at radius 3 is 2.89 bits per heavy atom. The molecule has 9 heteroatoms. The maximum absolute atomic E-state index is 13.2. The van der Waals surface area contributed by atoms with Crippen LogP contribution in [0.25, 0.3) is 6.08 Å². The molecule has 1 aromatic heterocycles. The average Bonchev–Trinajstić information content (AvgIpc) is 2.66. The minimum atomic E-state index is -3.75. The number of fused-ring (bicyclic) bond motifs is 2. The summed E-state index contributed by atoms with van der Waals surface area (Å²) in [5.41, 5.74) is 1.87. The Balaban J connectivity index is 1.67. The van der Waals surface area contributed by atoms with Crippen LogP contribution in [0.1, 0.15) is 17.5 Å². The predicted octanol–water partition coefficient (Wildman–Crippen LogP) is 3.20. The number of benzene rings is 1. The van der Waals surface area contributed by atoms with Crippen molar-refractivity contribution in [2.24, 2.45) is 0 Å². The first-order valence-corrected chi connectivity index (χ1v) is 9.78. The van der Waals surface area contributed by atoms with Gasteiger partial charge in [-0.15, -0.1) is 0 Å². The molecule has 1 aromatic carbocycles. The van der Waals surface area contributed by atoms with Crippen LogP contribution in [-0.4, -0.2) is 33.2 Å². The van der Waals surface area contributed by atoms with Gasteiger partial charge in [-0.3, -0.25) is 4.31 Å². The molecular weight excluding hydrogens is 378 g/mol. The van der Waals surface area contributed by atoms with Gasteiger partial charge in [0.2, 0.25) is 5.88 Å². The number of aromatic nitrogens is 1. The number of sulfonamides is 1. The van der Waals surface area contributed by atoms with Gasteiger partial charge in [0.1, 0.15) is 18.0 Å². The summed E-state index contributed by atoms with van der Waals surface area (Å²) in [4.78, 5) is 4.35. The number of halogens is 2. The topological polar surface area (TPSA) is 68.7 Å². The second kappa shape index (κ2) is 6.80. The predicted molar refractivity (Wildman–Crippen MR) is 95.4 cm³/mol. The monoisotopic (exact) mass is 394 g/mol. The Hall–Kier alpha value is -2.68. The van der Waals surface area contributed by atoms with Crippen molar-refractivity contribution < 1.29 is 26.7 Å². The third-order valence-corrected chi connectivity index (χ3v) is 6.42. The lowest BCUT2D eigenvalue weighted by Gasteiger charge is -2.31. The van der Waals surface area contributed by atoms with Gasteiger partial charge >= 0.3 is 6.61 Å². The molecule has 2 aromatic rings. The lowest BCUT2D eigenvalue weighted by molar-refractivity contribution is -0.0498. The van der Waals surface area contributed by atoms with Gasteiger partial charge in [-0.1, -0.05) is 6.07 Å². The molecule has 4 rings (SSSR count). The molecule has 2 aliphatic rings. The highest BCUT2D eigenvalue weighted by Gasteiger charge is 2.33. The summed E-state index contributed by atoms with van der Waals surface area (Å²) in [6, 6.07) is 7.84. The van der Waals surface area contributed by atoms with E-state index in [-0.39, 0.29) is 36.1 Å². The van der Waals surface area contributed by atoms with Crippen LogP contribution in [0.15, 0.2) is 41.4 Å². The Bertz CT molecular complexity index is 1010. The van der Waals surface area contributed by atoms with Gasteiger partial charge in [0, 0.05) is 6.20 Å². The Labute approximate surface area is 155 Å². The fourth-order valence-electron chi connectivity index (χ4n) is 3.24. The van der Waals surface area contributed by atoms with E-state index in [1.54, 1.807) is 30.5 Å². The standard InChI is InChI=1S/C18H16F2N2O4S/c19-18(20)26-14-5-3-13-11-15(6-4-12(13)10-14)27(23,24)22-8-9-25-17-16(22)2-1-7-21-17/h1-3,5,7,10-11,18H,4,6,8-9H2. The SMILES string of the molecule is O=S(=O)(C1=Cc2ccc(OC(F)F)cc2CC1)N1CCOc2ncccc21. The number of rotatable bonds is 4. The van der Waals surface area contributed by atoms with Gasteiger partial charge in [0.15, 0.2) is 0 Å². The summed E-state index contributed by atoms with van der Waals surface area (Å²) >= 11 is 0. The number of allylic oxidation sites excluding steroid dienone is 1. The van der Waals surface area contributed by atoms with Crippen molar-refractivity contribution in [2.45, 2.75) is 19.5 Å². The van der Waals surface area contributed by atoms with Crippen LogP contribution in [0, 0.1) is 0 Å². The van der Waals surface area contributed by atoms with E-state index in [1.807, 2.05) is 0 Å². The van der Waals surface area contributed by atoms with Gasteiger partial charge in [-0.25, -0.2) is 13.4 Å². The maximum Gasteiger partial charge on any atom is 0.387 e. The maximum atomic E-state index is 13.2. The van der Waals surface area contributed by atoms with Crippen LogP contribution in [0.4, 0.5) is 14.5 Å². The zero-order valence-electron chi connectivity index (χ0n) is 14.1. The summed E-state index contributed by atoms with van der Waals surface area (Å²) in [7, 11) is -3.75. The quantitative estimate of drug-likeness (QED) is 0.797. The number of hydrogen-bond acceptors (Lipinski definition) is 5. The van der Waals surface area contributed by atoms with Crippen molar-refractivity contribution >= 4 is 21.8 Å². The third kappa shape index (κ3) is 3.34. The molecule has 0 bridgehead atoms. The normalized spacial score (nSPS) is 16.3. The molecule has 1 aliphatic carbocycles.